The number of urea groups is 1. The molecule has 15 heteroatoms. The van der Waals surface area contributed by atoms with Crippen molar-refractivity contribution in [2.24, 2.45) is 0 Å². The van der Waals surface area contributed by atoms with Gasteiger partial charge in [-0.25, -0.2) is 9.89 Å². The largest absolute Gasteiger partial charge is 0.573 e. The second kappa shape index (κ2) is 14.2. The number of ether oxygens (including phenoxy) is 1. The summed E-state index contributed by atoms with van der Waals surface area (Å²) in [6, 6.07) is 25.1. The SMILES string of the molecule is O=C(Nc1ccc(OC(F)(F)F)cc1)Nc1cc(-c2ccccc2-c2nnn[nH]2)ccc1N(CCc1ccccc1)CCC(F)(F)F. The number of hydrogen-bond donors (Lipinski definition) is 3. The number of anilines is 3. The van der Waals surface area contributed by atoms with Crippen LogP contribution in [0.2, 0.25) is 0 Å². The molecule has 9 nitrogen and oxygen atoms in total. The fourth-order valence-corrected chi connectivity index (χ4v) is 4.84. The molecule has 47 heavy (non-hydrogen) atoms. The highest BCUT2D eigenvalue weighted by Crippen LogP contribution is 2.36. The topological polar surface area (TPSA) is 108 Å². The van der Waals surface area contributed by atoms with Crippen molar-refractivity contribution in [3.63, 3.8) is 0 Å². The van der Waals surface area contributed by atoms with Gasteiger partial charge in [0.15, 0.2) is 5.82 Å². The number of carbonyl (C=O) groups excluding carboxylic acids is 1. The van der Waals surface area contributed by atoms with Crippen LogP contribution in [0.15, 0.2) is 97.1 Å². The Morgan fingerprint density at radius 1 is 0.809 bits per heavy atom. The number of aromatic nitrogens is 4. The summed E-state index contributed by atoms with van der Waals surface area (Å²) < 4.78 is 81.8. The molecule has 0 saturated carbocycles. The molecule has 0 aliphatic heterocycles. The Kier molecular flexibility index (Phi) is 9.92. The van der Waals surface area contributed by atoms with Crippen molar-refractivity contribution in [3.05, 3.63) is 103 Å². The predicted molar refractivity (Wildman–Crippen MR) is 164 cm³/mol. The van der Waals surface area contributed by atoms with Crippen molar-refractivity contribution in [2.75, 3.05) is 28.6 Å². The number of alkyl halides is 6. The Bertz CT molecular complexity index is 1760. The van der Waals surface area contributed by atoms with Crippen LogP contribution in [-0.4, -0.2) is 52.3 Å². The third-order valence-corrected chi connectivity index (χ3v) is 6.95. The van der Waals surface area contributed by atoms with Crippen molar-refractivity contribution < 1.29 is 35.9 Å². The molecule has 1 aromatic heterocycles. The van der Waals surface area contributed by atoms with Crippen LogP contribution >= 0.6 is 0 Å². The summed E-state index contributed by atoms with van der Waals surface area (Å²) in [5, 5.41) is 19.2. The second-order valence-electron chi connectivity index (χ2n) is 10.3. The van der Waals surface area contributed by atoms with Gasteiger partial charge < -0.3 is 20.3 Å². The minimum absolute atomic E-state index is 0.149. The molecule has 5 rings (SSSR count). The molecule has 0 saturated heterocycles. The van der Waals surface area contributed by atoms with Crippen LogP contribution < -0.4 is 20.3 Å². The molecule has 4 aromatic carbocycles. The molecule has 0 spiro atoms. The fraction of sp³-hybridized carbons (Fsp3) is 0.188. The van der Waals surface area contributed by atoms with Gasteiger partial charge in [0.1, 0.15) is 5.75 Å². The Balaban J connectivity index is 1.48. The summed E-state index contributed by atoms with van der Waals surface area (Å²) in [6.07, 6.45) is -9.97. The number of nitrogens with zero attached hydrogens (tertiary/aromatic N) is 4. The average Bonchev–Trinajstić information content (AvgIpc) is 3.57. The van der Waals surface area contributed by atoms with Gasteiger partial charge in [0.25, 0.3) is 0 Å². The van der Waals surface area contributed by atoms with E-state index < -0.39 is 30.7 Å². The van der Waals surface area contributed by atoms with Crippen LogP contribution in [0, 0.1) is 0 Å². The number of rotatable bonds is 11. The first-order chi connectivity index (χ1) is 22.4. The molecule has 0 bridgehead atoms. The molecule has 0 radical (unpaired) electrons. The predicted octanol–water partition coefficient (Wildman–Crippen LogP) is 8.08. The summed E-state index contributed by atoms with van der Waals surface area (Å²) in [6.45, 7) is -0.177. The van der Waals surface area contributed by atoms with Gasteiger partial charge in [-0.1, -0.05) is 60.7 Å². The molecule has 0 aliphatic carbocycles. The molecule has 0 atom stereocenters. The Hall–Kier alpha value is -5.60. The Morgan fingerprint density at radius 3 is 2.17 bits per heavy atom. The van der Waals surface area contributed by atoms with Crippen LogP contribution in [0.25, 0.3) is 22.5 Å². The zero-order chi connectivity index (χ0) is 33.4. The number of H-pyrrole nitrogens is 1. The van der Waals surface area contributed by atoms with Crippen molar-refractivity contribution in [1.29, 1.82) is 0 Å². The third-order valence-electron chi connectivity index (χ3n) is 6.95. The van der Waals surface area contributed by atoms with E-state index in [4.69, 9.17) is 0 Å². The first kappa shape index (κ1) is 32.8. The van der Waals surface area contributed by atoms with E-state index in [1.165, 1.54) is 12.1 Å². The molecule has 0 aliphatic rings. The normalized spacial score (nSPS) is 11.6. The van der Waals surface area contributed by atoms with E-state index in [0.717, 1.165) is 17.7 Å². The molecule has 1 heterocycles. The lowest BCUT2D eigenvalue weighted by Crippen LogP contribution is -2.31. The summed E-state index contributed by atoms with van der Waals surface area (Å²) in [5.74, 6) is -0.0951. The molecule has 5 aromatic rings. The van der Waals surface area contributed by atoms with Crippen LogP contribution in [0.5, 0.6) is 5.75 Å². The highest BCUT2D eigenvalue weighted by molar-refractivity contribution is 6.02. The summed E-state index contributed by atoms with van der Waals surface area (Å²) in [7, 11) is 0. The van der Waals surface area contributed by atoms with E-state index in [1.807, 2.05) is 30.3 Å². The molecule has 244 valence electrons. The van der Waals surface area contributed by atoms with E-state index in [1.54, 1.807) is 47.4 Å². The average molecular weight is 656 g/mol. The second-order valence-corrected chi connectivity index (χ2v) is 10.3. The summed E-state index contributed by atoms with van der Waals surface area (Å²) in [4.78, 5) is 14.8. The third kappa shape index (κ3) is 9.45. The minimum atomic E-state index is -4.88. The van der Waals surface area contributed by atoms with Gasteiger partial charge in [-0.2, -0.15) is 13.2 Å². The molecule has 0 unspecified atom stereocenters. The molecule has 3 N–H and O–H groups in total. The van der Waals surface area contributed by atoms with E-state index >= 15 is 0 Å². The number of nitrogens with one attached hydrogen (secondary N) is 3. The monoisotopic (exact) mass is 655 g/mol. The number of halogens is 6. The highest BCUT2D eigenvalue weighted by atomic mass is 19.4. The first-order valence-corrected chi connectivity index (χ1v) is 14.2. The fourth-order valence-electron chi connectivity index (χ4n) is 4.84. The van der Waals surface area contributed by atoms with Crippen LogP contribution in [0.4, 0.5) is 48.2 Å². The summed E-state index contributed by atoms with van der Waals surface area (Å²) in [5.41, 5.74) is 3.50. The van der Waals surface area contributed by atoms with E-state index in [2.05, 4.69) is 36.0 Å². The molecular weight excluding hydrogens is 628 g/mol. The zero-order valence-corrected chi connectivity index (χ0v) is 24.4. The quantitative estimate of drug-likeness (QED) is 0.124. The standard InChI is InChI=1S/C32H27F6N7O2/c33-31(34,35)17-19-45(18-16-21-6-2-1-3-7-21)28-15-10-22(25-8-4-5-9-26(25)29-41-43-44-42-29)20-27(28)40-30(46)39-23-11-13-24(14-12-23)47-32(36,37)38/h1-15,20H,16-19H2,(H2,39,40,46)(H,41,42,43,44). The minimum Gasteiger partial charge on any atom is -0.406 e. The van der Waals surface area contributed by atoms with Gasteiger partial charge in [0.05, 0.1) is 17.8 Å². The summed E-state index contributed by atoms with van der Waals surface area (Å²) >= 11 is 0. The van der Waals surface area contributed by atoms with Crippen LogP contribution in [0.3, 0.4) is 0 Å². The number of tetrazole rings is 1. The van der Waals surface area contributed by atoms with Gasteiger partial charge in [-0.15, -0.1) is 18.3 Å². The van der Waals surface area contributed by atoms with Crippen molar-refractivity contribution in [3.8, 4) is 28.3 Å². The first-order valence-electron chi connectivity index (χ1n) is 14.2. The van der Waals surface area contributed by atoms with Gasteiger partial charge in [-0.3, -0.25) is 0 Å². The van der Waals surface area contributed by atoms with Crippen molar-refractivity contribution in [1.82, 2.24) is 20.6 Å². The number of amides is 2. The van der Waals surface area contributed by atoms with Gasteiger partial charge in [0.2, 0.25) is 0 Å². The van der Waals surface area contributed by atoms with Gasteiger partial charge >= 0.3 is 18.6 Å². The van der Waals surface area contributed by atoms with E-state index in [0.29, 0.717) is 34.6 Å². The van der Waals surface area contributed by atoms with E-state index in [-0.39, 0.29) is 24.5 Å². The smallest absolute Gasteiger partial charge is 0.406 e. The lowest BCUT2D eigenvalue weighted by molar-refractivity contribution is -0.274. The maximum absolute atomic E-state index is 13.4. The molecule has 0 fully saturated rings. The van der Waals surface area contributed by atoms with Crippen molar-refractivity contribution in [2.45, 2.75) is 25.4 Å². The van der Waals surface area contributed by atoms with Crippen LogP contribution in [-0.2, 0) is 6.42 Å². The van der Waals surface area contributed by atoms with Crippen LogP contribution in [0.1, 0.15) is 12.0 Å². The van der Waals surface area contributed by atoms with Crippen molar-refractivity contribution >= 4 is 23.1 Å². The lowest BCUT2D eigenvalue weighted by atomic mass is 9.98. The molecule has 2 amide bonds. The number of aromatic amines is 1. The maximum atomic E-state index is 13.4. The Morgan fingerprint density at radius 2 is 1.51 bits per heavy atom. The van der Waals surface area contributed by atoms with E-state index in [9.17, 15) is 31.1 Å². The number of benzene rings is 4. The maximum Gasteiger partial charge on any atom is 0.573 e. The zero-order valence-electron chi connectivity index (χ0n) is 24.4. The number of hydrogen-bond acceptors (Lipinski definition) is 6. The molecular formula is C32H27F6N7O2. The number of carbonyl (C=O) groups is 1. The Labute approximate surface area is 264 Å². The van der Waals surface area contributed by atoms with Gasteiger partial charge in [0, 0.05) is 24.3 Å². The highest BCUT2D eigenvalue weighted by Gasteiger charge is 2.31. The lowest BCUT2D eigenvalue weighted by Gasteiger charge is -2.28. The van der Waals surface area contributed by atoms with Gasteiger partial charge in [-0.05, 0) is 69.9 Å².